The number of nitrogens with one attached hydrogen (secondary N) is 1. The molecule has 0 saturated heterocycles. The third-order valence-corrected chi connectivity index (χ3v) is 5.64. The molecule has 2 heterocycles. The van der Waals surface area contributed by atoms with Gasteiger partial charge in [0.25, 0.3) is 0 Å². The molecular weight excluding hydrogens is 372 g/mol. The number of amides is 1. The van der Waals surface area contributed by atoms with Gasteiger partial charge in [0.05, 0.1) is 5.39 Å². The minimum Gasteiger partial charge on any atom is -0.326 e. The molecule has 0 atom stereocenters. The Kier molecular flexibility index (Phi) is 4.88. The van der Waals surface area contributed by atoms with Crippen LogP contribution in [0.2, 0.25) is 5.02 Å². The molecule has 4 rings (SSSR count). The molecule has 1 aliphatic rings. The average molecular weight is 397 g/mol. The van der Waals surface area contributed by atoms with Crippen LogP contribution in [0.1, 0.15) is 46.5 Å². The number of rotatable bonds is 3. The number of nitrogens with zero attached hydrogens (tertiary/aromatic N) is 3. The van der Waals surface area contributed by atoms with Crippen molar-refractivity contribution >= 4 is 34.4 Å². The molecule has 1 N–H and O–H groups in total. The second-order valence-electron chi connectivity index (χ2n) is 8.49. The van der Waals surface area contributed by atoms with Crippen molar-refractivity contribution in [1.82, 2.24) is 14.5 Å². The second-order valence-corrected chi connectivity index (χ2v) is 8.92. The zero-order chi connectivity index (χ0) is 19.9. The van der Waals surface area contributed by atoms with Gasteiger partial charge >= 0.3 is 0 Å². The van der Waals surface area contributed by atoms with E-state index in [0.717, 1.165) is 47.8 Å². The molecule has 146 valence electrons. The molecule has 3 aromatic rings. The minimum absolute atomic E-state index is 0.0538. The van der Waals surface area contributed by atoms with Crippen molar-refractivity contribution in [1.29, 1.82) is 0 Å². The zero-order valence-corrected chi connectivity index (χ0v) is 17.3. The number of anilines is 1. The smallest absolute Gasteiger partial charge is 0.228 e. The highest BCUT2D eigenvalue weighted by atomic mass is 35.5. The van der Waals surface area contributed by atoms with Crippen LogP contribution in [0.3, 0.4) is 0 Å². The van der Waals surface area contributed by atoms with Crippen LogP contribution in [0.5, 0.6) is 0 Å². The molecule has 28 heavy (non-hydrogen) atoms. The highest BCUT2D eigenvalue weighted by Gasteiger charge is 2.26. The first kappa shape index (κ1) is 18.9. The Hall–Kier alpha value is -2.40. The molecule has 2 aromatic heterocycles. The van der Waals surface area contributed by atoms with Crippen molar-refractivity contribution in [3.63, 3.8) is 0 Å². The Labute approximate surface area is 170 Å². The summed E-state index contributed by atoms with van der Waals surface area (Å²) in [7, 11) is 0. The van der Waals surface area contributed by atoms with Gasteiger partial charge in [-0.15, -0.1) is 0 Å². The SMILES string of the molecule is CC(C)(C)n1cc(-c2cccc(Cl)c2)c2c(NC(=O)C3CCCC3)ncnc21. The lowest BCUT2D eigenvalue weighted by Gasteiger charge is -2.22. The molecule has 0 aliphatic heterocycles. The number of benzene rings is 1. The van der Waals surface area contributed by atoms with Crippen LogP contribution in [0.4, 0.5) is 5.82 Å². The summed E-state index contributed by atoms with van der Waals surface area (Å²) in [6, 6.07) is 7.73. The maximum Gasteiger partial charge on any atom is 0.228 e. The van der Waals surface area contributed by atoms with E-state index < -0.39 is 0 Å². The lowest BCUT2D eigenvalue weighted by molar-refractivity contribution is -0.119. The van der Waals surface area contributed by atoms with Crippen molar-refractivity contribution < 1.29 is 4.79 Å². The Morgan fingerprint density at radius 2 is 1.96 bits per heavy atom. The molecule has 6 heteroatoms. The fraction of sp³-hybridized carbons (Fsp3) is 0.409. The van der Waals surface area contributed by atoms with Gasteiger partial charge in [-0.1, -0.05) is 36.6 Å². The summed E-state index contributed by atoms with van der Waals surface area (Å²) in [6.07, 6.45) is 7.73. The van der Waals surface area contributed by atoms with E-state index in [1.807, 2.05) is 24.3 Å². The maximum atomic E-state index is 12.8. The second kappa shape index (κ2) is 7.21. The van der Waals surface area contributed by atoms with E-state index >= 15 is 0 Å². The largest absolute Gasteiger partial charge is 0.326 e. The number of hydrogen-bond acceptors (Lipinski definition) is 3. The van der Waals surface area contributed by atoms with Gasteiger partial charge in [-0.3, -0.25) is 4.79 Å². The summed E-state index contributed by atoms with van der Waals surface area (Å²) in [5.74, 6) is 0.697. The standard InChI is InChI=1S/C22H25ClN4O/c1-22(2,3)27-12-17(15-9-6-10-16(23)11-15)18-19(24-13-25-20(18)27)26-21(28)14-7-4-5-8-14/h6,9-14H,4-5,7-8H2,1-3H3,(H,24,25,26,28). The topological polar surface area (TPSA) is 59.8 Å². The van der Waals surface area contributed by atoms with Crippen molar-refractivity contribution in [2.45, 2.75) is 52.0 Å². The molecule has 0 radical (unpaired) electrons. The van der Waals surface area contributed by atoms with Crippen molar-refractivity contribution in [3.05, 3.63) is 41.8 Å². The summed E-state index contributed by atoms with van der Waals surface area (Å²) in [6.45, 7) is 6.40. The highest BCUT2D eigenvalue weighted by molar-refractivity contribution is 6.31. The Balaban J connectivity index is 1.88. The van der Waals surface area contributed by atoms with Crippen LogP contribution >= 0.6 is 11.6 Å². The molecule has 0 bridgehead atoms. The number of carbonyl (C=O) groups is 1. The van der Waals surface area contributed by atoms with E-state index in [4.69, 9.17) is 11.6 Å². The van der Waals surface area contributed by atoms with Gasteiger partial charge in [0.2, 0.25) is 5.91 Å². The van der Waals surface area contributed by atoms with E-state index in [1.165, 1.54) is 6.33 Å². The van der Waals surface area contributed by atoms with E-state index in [2.05, 4.69) is 46.8 Å². The van der Waals surface area contributed by atoms with Gasteiger partial charge < -0.3 is 9.88 Å². The van der Waals surface area contributed by atoms with E-state index in [-0.39, 0.29) is 17.4 Å². The summed E-state index contributed by atoms with van der Waals surface area (Å²) in [5, 5.41) is 4.60. The fourth-order valence-corrected chi connectivity index (χ4v) is 4.14. The Bertz CT molecular complexity index is 1030. The fourth-order valence-electron chi connectivity index (χ4n) is 3.95. The van der Waals surface area contributed by atoms with Crippen LogP contribution in [0, 0.1) is 5.92 Å². The molecule has 5 nitrogen and oxygen atoms in total. The first-order chi connectivity index (χ1) is 13.3. The van der Waals surface area contributed by atoms with Crippen LogP contribution in [0.25, 0.3) is 22.2 Å². The lowest BCUT2D eigenvalue weighted by Crippen LogP contribution is -2.22. The predicted octanol–water partition coefficient (Wildman–Crippen LogP) is 5.64. The molecule has 1 amide bonds. The van der Waals surface area contributed by atoms with Gasteiger partial charge in [0.1, 0.15) is 17.8 Å². The molecule has 0 unspecified atom stereocenters. The molecule has 0 spiro atoms. The quantitative estimate of drug-likeness (QED) is 0.623. The van der Waals surface area contributed by atoms with Crippen molar-refractivity contribution in [3.8, 4) is 11.1 Å². The van der Waals surface area contributed by atoms with Crippen LogP contribution in [-0.4, -0.2) is 20.4 Å². The Morgan fingerprint density at radius 1 is 1.21 bits per heavy atom. The summed E-state index contributed by atoms with van der Waals surface area (Å²) in [5.41, 5.74) is 2.58. The van der Waals surface area contributed by atoms with Crippen LogP contribution in [-0.2, 0) is 10.3 Å². The molecule has 1 fully saturated rings. The number of aromatic nitrogens is 3. The van der Waals surface area contributed by atoms with E-state index in [9.17, 15) is 4.79 Å². The van der Waals surface area contributed by atoms with Gasteiger partial charge in [-0.05, 0) is 51.3 Å². The number of hydrogen-bond donors (Lipinski definition) is 1. The first-order valence-electron chi connectivity index (χ1n) is 9.78. The Morgan fingerprint density at radius 3 is 2.64 bits per heavy atom. The normalized spacial score (nSPS) is 15.3. The molecule has 1 aliphatic carbocycles. The third-order valence-electron chi connectivity index (χ3n) is 5.41. The van der Waals surface area contributed by atoms with Crippen molar-refractivity contribution in [2.75, 3.05) is 5.32 Å². The summed E-state index contributed by atoms with van der Waals surface area (Å²) in [4.78, 5) is 21.7. The van der Waals surface area contributed by atoms with Crippen molar-refractivity contribution in [2.24, 2.45) is 5.92 Å². The van der Waals surface area contributed by atoms with Crippen LogP contribution < -0.4 is 5.32 Å². The van der Waals surface area contributed by atoms with Gasteiger partial charge in [0.15, 0.2) is 0 Å². The summed E-state index contributed by atoms with van der Waals surface area (Å²) < 4.78 is 2.13. The number of fused-ring (bicyclic) bond motifs is 1. The maximum absolute atomic E-state index is 12.8. The van der Waals surface area contributed by atoms with Gasteiger partial charge in [-0.2, -0.15) is 0 Å². The summed E-state index contributed by atoms with van der Waals surface area (Å²) >= 11 is 6.25. The van der Waals surface area contributed by atoms with Crippen LogP contribution in [0.15, 0.2) is 36.8 Å². The van der Waals surface area contributed by atoms with E-state index in [1.54, 1.807) is 0 Å². The predicted molar refractivity (Wildman–Crippen MR) is 114 cm³/mol. The van der Waals surface area contributed by atoms with Gasteiger partial charge in [-0.25, -0.2) is 9.97 Å². The number of carbonyl (C=O) groups excluding carboxylic acids is 1. The molecular formula is C22H25ClN4O. The molecule has 1 aromatic carbocycles. The average Bonchev–Trinajstić information content (AvgIpc) is 3.30. The zero-order valence-electron chi connectivity index (χ0n) is 16.5. The number of halogens is 1. The minimum atomic E-state index is -0.170. The lowest BCUT2D eigenvalue weighted by atomic mass is 10.1. The third kappa shape index (κ3) is 3.51. The molecule has 1 saturated carbocycles. The first-order valence-corrected chi connectivity index (χ1v) is 10.2. The highest BCUT2D eigenvalue weighted by Crippen LogP contribution is 2.37. The monoisotopic (exact) mass is 396 g/mol. The van der Waals surface area contributed by atoms with E-state index in [0.29, 0.717) is 10.8 Å². The van der Waals surface area contributed by atoms with Gasteiger partial charge in [0, 0.05) is 28.2 Å².